The molecule has 0 saturated heterocycles. The zero-order chi connectivity index (χ0) is 27.1. The Labute approximate surface area is 227 Å². The minimum Gasteiger partial charge on any atom is -0.450 e. The summed E-state index contributed by atoms with van der Waals surface area (Å²) >= 11 is 1.18. The van der Waals surface area contributed by atoms with Crippen molar-refractivity contribution in [3.8, 4) is 0 Å². The third-order valence-electron chi connectivity index (χ3n) is 7.45. The molecular weight excluding hydrogens is 512 g/mol. The Morgan fingerprint density at radius 1 is 0.897 bits per heavy atom. The molecule has 0 saturated carbocycles. The summed E-state index contributed by atoms with van der Waals surface area (Å²) in [5.74, 6) is -1.16. The molecule has 4 heterocycles. The fourth-order valence-corrected chi connectivity index (χ4v) is 6.42. The van der Waals surface area contributed by atoms with Crippen molar-refractivity contribution in [1.82, 2.24) is 10.2 Å². The van der Waals surface area contributed by atoms with E-state index in [4.69, 9.17) is 4.42 Å². The molecule has 7 rings (SSSR count). The zero-order valence-corrected chi connectivity index (χ0v) is 22.2. The lowest BCUT2D eigenvalue weighted by molar-refractivity contribution is -0.121. The highest BCUT2D eigenvalue weighted by atomic mass is 32.1. The molecule has 39 heavy (non-hydrogen) atoms. The van der Waals surface area contributed by atoms with E-state index in [1.165, 1.54) is 16.2 Å². The molecule has 9 heteroatoms. The van der Waals surface area contributed by atoms with Crippen LogP contribution in [-0.4, -0.2) is 22.0 Å². The molecule has 1 spiro atoms. The van der Waals surface area contributed by atoms with Crippen LogP contribution in [0.25, 0.3) is 11.0 Å². The van der Waals surface area contributed by atoms with Gasteiger partial charge >= 0.3 is 0 Å². The van der Waals surface area contributed by atoms with Gasteiger partial charge in [-0.3, -0.25) is 19.3 Å². The summed E-state index contributed by atoms with van der Waals surface area (Å²) in [7, 11) is 0. The van der Waals surface area contributed by atoms with E-state index in [1.54, 1.807) is 30.0 Å². The Kier molecular flexibility index (Phi) is 4.93. The highest BCUT2D eigenvalue weighted by Crippen LogP contribution is 2.54. The largest absolute Gasteiger partial charge is 0.450 e. The molecule has 1 unspecified atom stereocenters. The maximum atomic E-state index is 14.8. The average molecular weight is 535 g/mol. The Bertz CT molecular complexity index is 1910. The lowest BCUT2D eigenvalue weighted by Gasteiger charge is -2.32. The van der Waals surface area contributed by atoms with E-state index in [9.17, 15) is 14.4 Å². The Hall–Kier alpha value is -4.63. The predicted octanol–water partition coefficient (Wildman–Crippen LogP) is 5.02. The molecule has 2 amide bonds. The van der Waals surface area contributed by atoms with Crippen LogP contribution in [0.1, 0.15) is 43.4 Å². The van der Waals surface area contributed by atoms with Gasteiger partial charge in [0.25, 0.3) is 11.8 Å². The van der Waals surface area contributed by atoms with Gasteiger partial charge in [-0.25, -0.2) is 0 Å². The zero-order valence-electron chi connectivity index (χ0n) is 21.4. The molecule has 1 atom stereocenters. The lowest BCUT2D eigenvalue weighted by Crippen LogP contribution is -2.53. The fourth-order valence-electron chi connectivity index (χ4n) is 5.69. The summed E-state index contributed by atoms with van der Waals surface area (Å²) < 4.78 is 6.12. The summed E-state index contributed by atoms with van der Waals surface area (Å²) in [6, 6.07) is 20.4. The average Bonchev–Trinajstić information content (AvgIpc) is 3.54. The first-order valence-electron chi connectivity index (χ1n) is 12.5. The molecule has 0 radical (unpaired) electrons. The van der Waals surface area contributed by atoms with Crippen molar-refractivity contribution in [3.05, 3.63) is 116 Å². The Morgan fingerprint density at radius 3 is 2.38 bits per heavy atom. The van der Waals surface area contributed by atoms with Gasteiger partial charge in [0.05, 0.1) is 23.2 Å². The highest BCUT2D eigenvalue weighted by molar-refractivity contribution is 7.15. The molecular formula is C30H22N4O4S. The minimum atomic E-state index is -1.78. The van der Waals surface area contributed by atoms with E-state index in [1.807, 2.05) is 62.4 Å². The van der Waals surface area contributed by atoms with Crippen molar-refractivity contribution >= 4 is 44.9 Å². The molecule has 3 aromatic carbocycles. The first kappa shape index (κ1) is 23.5. The number of anilines is 2. The van der Waals surface area contributed by atoms with Gasteiger partial charge in [-0.15, -0.1) is 10.2 Å². The molecule has 2 aliphatic rings. The van der Waals surface area contributed by atoms with Crippen LogP contribution < -0.4 is 15.2 Å². The summed E-state index contributed by atoms with van der Waals surface area (Å²) in [6.07, 6.45) is 0. The maximum absolute atomic E-state index is 14.8. The second-order valence-electron chi connectivity index (χ2n) is 9.98. The molecule has 0 fully saturated rings. The molecule has 8 nitrogen and oxygen atoms in total. The Balaban J connectivity index is 1.56. The number of para-hydroxylation sites is 1. The number of hydrogen-bond donors (Lipinski definition) is 0. The standard InChI is InChI=1S/C30H22N4O4S/c1-16-8-11-19(12-9-16)15-33-22-7-5-4-6-21(22)30(28(33)37)24-25(35)20-14-17(2)10-13-23(20)38-26(24)27(36)34(30)29-32-31-18(3)39-29/h4-14H,15H2,1-3H3. The SMILES string of the molecule is Cc1ccc(CN2C(=O)C3(c4ccccc42)c2c(oc4ccc(C)cc4c2=O)C(=O)N3c2nnc(C)s2)cc1. The van der Waals surface area contributed by atoms with Gasteiger partial charge < -0.3 is 9.32 Å². The smallest absolute Gasteiger partial charge is 0.297 e. The number of nitrogens with zero attached hydrogens (tertiary/aromatic N) is 4. The molecule has 2 aromatic heterocycles. The number of carbonyl (C=O) groups excluding carboxylic acids is 2. The van der Waals surface area contributed by atoms with Crippen LogP contribution in [-0.2, 0) is 16.9 Å². The summed E-state index contributed by atoms with van der Waals surface area (Å²) in [6.45, 7) is 5.92. The second kappa shape index (κ2) is 8.18. The van der Waals surface area contributed by atoms with Gasteiger partial charge in [0, 0.05) is 5.56 Å². The third-order valence-corrected chi connectivity index (χ3v) is 8.27. The quantitative estimate of drug-likeness (QED) is 0.323. The summed E-state index contributed by atoms with van der Waals surface area (Å²) in [5.41, 5.74) is 2.16. The summed E-state index contributed by atoms with van der Waals surface area (Å²) in [5, 5.41) is 9.54. The topological polar surface area (TPSA) is 96.6 Å². The number of amides is 2. The van der Waals surface area contributed by atoms with Crippen molar-refractivity contribution in [1.29, 1.82) is 0 Å². The van der Waals surface area contributed by atoms with E-state index < -0.39 is 22.8 Å². The van der Waals surface area contributed by atoms with Crippen molar-refractivity contribution in [2.75, 3.05) is 9.80 Å². The lowest BCUT2D eigenvalue weighted by atomic mass is 9.84. The van der Waals surface area contributed by atoms with Gasteiger partial charge in [-0.1, -0.05) is 71.0 Å². The normalized spacial score (nSPS) is 17.9. The van der Waals surface area contributed by atoms with Crippen LogP contribution in [0.4, 0.5) is 10.8 Å². The van der Waals surface area contributed by atoms with Crippen LogP contribution in [0.15, 0.2) is 75.9 Å². The summed E-state index contributed by atoms with van der Waals surface area (Å²) in [4.78, 5) is 46.2. The number of rotatable bonds is 3. The number of carbonyl (C=O) groups is 2. The van der Waals surface area contributed by atoms with Crippen molar-refractivity contribution < 1.29 is 14.0 Å². The Morgan fingerprint density at radius 2 is 1.64 bits per heavy atom. The van der Waals surface area contributed by atoms with Gasteiger partial charge in [-0.2, -0.15) is 0 Å². The van der Waals surface area contributed by atoms with Gasteiger partial charge in [-0.05, 0) is 44.5 Å². The van der Waals surface area contributed by atoms with E-state index >= 15 is 0 Å². The van der Waals surface area contributed by atoms with Crippen molar-refractivity contribution in [3.63, 3.8) is 0 Å². The van der Waals surface area contributed by atoms with Crippen LogP contribution in [0, 0.1) is 20.8 Å². The van der Waals surface area contributed by atoms with Crippen molar-refractivity contribution in [2.24, 2.45) is 0 Å². The molecule has 2 aliphatic heterocycles. The number of fused-ring (bicyclic) bond motifs is 5. The molecule has 0 aliphatic carbocycles. The van der Waals surface area contributed by atoms with Crippen LogP contribution in [0.2, 0.25) is 0 Å². The van der Waals surface area contributed by atoms with E-state index in [0.717, 1.165) is 16.7 Å². The maximum Gasteiger partial charge on any atom is 0.297 e. The highest BCUT2D eigenvalue weighted by Gasteiger charge is 2.66. The van der Waals surface area contributed by atoms with E-state index in [-0.39, 0.29) is 23.0 Å². The predicted molar refractivity (Wildman–Crippen MR) is 148 cm³/mol. The number of hydrogen-bond acceptors (Lipinski definition) is 7. The van der Waals surface area contributed by atoms with Crippen LogP contribution in [0.5, 0.6) is 0 Å². The second-order valence-corrected chi connectivity index (χ2v) is 11.1. The first-order chi connectivity index (χ1) is 18.8. The van der Waals surface area contributed by atoms with Crippen LogP contribution in [0.3, 0.4) is 0 Å². The number of aromatic nitrogens is 2. The first-order valence-corrected chi connectivity index (χ1v) is 13.3. The molecule has 5 aromatic rings. The monoisotopic (exact) mass is 534 g/mol. The number of benzene rings is 3. The van der Waals surface area contributed by atoms with Crippen molar-refractivity contribution in [2.45, 2.75) is 32.9 Å². The van der Waals surface area contributed by atoms with E-state index in [2.05, 4.69) is 10.2 Å². The van der Waals surface area contributed by atoms with E-state index in [0.29, 0.717) is 27.2 Å². The third kappa shape index (κ3) is 3.13. The van der Waals surface area contributed by atoms with Gasteiger partial charge in [0.2, 0.25) is 10.9 Å². The molecule has 192 valence electrons. The number of aryl methyl sites for hydroxylation is 3. The fraction of sp³-hybridized carbons (Fsp3) is 0.167. The molecule has 0 N–H and O–H groups in total. The van der Waals surface area contributed by atoms with Gasteiger partial charge in [0.1, 0.15) is 10.6 Å². The minimum absolute atomic E-state index is 0.0160. The van der Waals surface area contributed by atoms with Crippen LogP contribution >= 0.6 is 11.3 Å². The molecule has 0 bridgehead atoms. The van der Waals surface area contributed by atoms with Gasteiger partial charge in [0.15, 0.2) is 11.0 Å².